The van der Waals surface area contributed by atoms with E-state index in [-0.39, 0.29) is 5.69 Å². The van der Waals surface area contributed by atoms with Crippen LogP contribution in [-0.2, 0) is 10.0 Å². The monoisotopic (exact) mass is 347 g/mol. The number of tetrazole rings is 1. The Hall–Kier alpha value is -2.81. The summed E-state index contributed by atoms with van der Waals surface area (Å²) in [5, 5.41) is 11.2. The molecule has 124 valence electrons. The van der Waals surface area contributed by atoms with Gasteiger partial charge < -0.3 is 0 Å². The average molecular weight is 347 g/mol. The van der Waals surface area contributed by atoms with Crippen molar-refractivity contribution in [3.63, 3.8) is 0 Å². The van der Waals surface area contributed by atoms with E-state index in [1.807, 2.05) is 0 Å². The van der Waals surface area contributed by atoms with Crippen LogP contribution in [0.25, 0.3) is 5.69 Å². The fourth-order valence-corrected chi connectivity index (χ4v) is 3.41. The zero-order chi connectivity index (χ0) is 17.3. The van der Waals surface area contributed by atoms with Gasteiger partial charge in [0.05, 0.1) is 11.4 Å². The molecule has 0 atom stereocenters. The summed E-state index contributed by atoms with van der Waals surface area (Å²) in [5.41, 5.74) is 1.51. The van der Waals surface area contributed by atoms with Crippen molar-refractivity contribution in [2.24, 2.45) is 0 Å². The molecule has 0 aliphatic carbocycles. The van der Waals surface area contributed by atoms with Crippen molar-refractivity contribution >= 4 is 15.7 Å². The number of hydrogen-bond acceptors (Lipinski definition) is 5. The van der Waals surface area contributed by atoms with E-state index >= 15 is 0 Å². The van der Waals surface area contributed by atoms with Crippen LogP contribution in [-0.4, -0.2) is 28.6 Å². The molecule has 0 saturated carbocycles. The fourth-order valence-electron chi connectivity index (χ4n) is 2.20. The van der Waals surface area contributed by atoms with Crippen LogP contribution in [0.4, 0.5) is 10.1 Å². The van der Waals surface area contributed by atoms with Crippen LogP contribution in [0.3, 0.4) is 0 Å². The topological polar surface area (TPSA) is 89.8 Å². The quantitative estimate of drug-likeness (QED) is 0.781. The van der Waals surface area contributed by atoms with Gasteiger partial charge in [-0.1, -0.05) is 12.1 Å². The highest BCUT2D eigenvalue weighted by Gasteiger charge is 2.19. The Morgan fingerprint density at radius 2 is 1.92 bits per heavy atom. The van der Waals surface area contributed by atoms with Gasteiger partial charge in [0, 0.05) is 0 Å². The highest BCUT2D eigenvalue weighted by Crippen LogP contribution is 2.21. The largest absolute Gasteiger partial charge is 0.279 e. The van der Waals surface area contributed by atoms with Gasteiger partial charge >= 0.3 is 0 Å². The number of halogens is 1. The van der Waals surface area contributed by atoms with E-state index in [0.717, 1.165) is 6.07 Å². The Kier molecular flexibility index (Phi) is 4.02. The molecule has 0 unspecified atom stereocenters. The van der Waals surface area contributed by atoms with Gasteiger partial charge in [0.15, 0.2) is 5.82 Å². The SMILES string of the molecule is Cc1ccc(F)c(S(=O)(=O)Nc2cccc(-n3nnnc3C)c2)c1. The van der Waals surface area contributed by atoms with Crippen LogP contribution >= 0.6 is 0 Å². The van der Waals surface area contributed by atoms with E-state index in [1.54, 1.807) is 38.1 Å². The van der Waals surface area contributed by atoms with Crippen molar-refractivity contribution in [1.29, 1.82) is 0 Å². The van der Waals surface area contributed by atoms with E-state index < -0.39 is 20.7 Å². The molecular weight excluding hydrogens is 333 g/mol. The zero-order valence-corrected chi connectivity index (χ0v) is 13.7. The Morgan fingerprint density at radius 3 is 2.62 bits per heavy atom. The van der Waals surface area contributed by atoms with E-state index in [9.17, 15) is 12.8 Å². The lowest BCUT2D eigenvalue weighted by atomic mass is 10.2. The van der Waals surface area contributed by atoms with Gasteiger partial charge in [-0.15, -0.1) is 5.10 Å². The first kappa shape index (κ1) is 16.1. The summed E-state index contributed by atoms with van der Waals surface area (Å²) in [5.74, 6) is -0.250. The molecule has 1 aromatic heterocycles. The molecule has 0 bridgehead atoms. The summed E-state index contributed by atoms with van der Waals surface area (Å²) in [6.07, 6.45) is 0. The van der Waals surface area contributed by atoms with Crippen LogP contribution in [0.5, 0.6) is 0 Å². The number of sulfonamides is 1. The molecule has 0 aliphatic heterocycles. The lowest BCUT2D eigenvalue weighted by Gasteiger charge is -2.11. The van der Waals surface area contributed by atoms with Crippen LogP contribution in [0.1, 0.15) is 11.4 Å². The van der Waals surface area contributed by atoms with E-state index in [4.69, 9.17) is 0 Å². The molecule has 0 radical (unpaired) electrons. The molecule has 3 aromatic rings. The maximum atomic E-state index is 13.9. The minimum absolute atomic E-state index is 0.281. The Labute approximate surface area is 138 Å². The molecule has 9 heteroatoms. The van der Waals surface area contributed by atoms with Crippen molar-refractivity contribution < 1.29 is 12.8 Å². The Bertz CT molecular complexity index is 1000. The van der Waals surface area contributed by atoms with Gasteiger partial charge in [0.2, 0.25) is 0 Å². The summed E-state index contributed by atoms with van der Waals surface area (Å²) in [6.45, 7) is 3.42. The molecule has 0 aliphatic rings. The first-order chi connectivity index (χ1) is 11.4. The number of hydrogen-bond donors (Lipinski definition) is 1. The lowest BCUT2D eigenvalue weighted by Crippen LogP contribution is -2.15. The second-order valence-electron chi connectivity index (χ2n) is 5.23. The van der Waals surface area contributed by atoms with Crippen molar-refractivity contribution in [2.45, 2.75) is 18.7 Å². The van der Waals surface area contributed by atoms with Crippen LogP contribution in [0, 0.1) is 19.7 Å². The number of rotatable bonds is 4. The lowest BCUT2D eigenvalue weighted by molar-refractivity contribution is 0.570. The van der Waals surface area contributed by atoms with Crippen molar-refractivity contribution in [1.82, 2.24) is 20.2 Å². The third-order valence-electron chi connectivity index (χ3n) is 3.34. The van der Waals surface area contributed by atoms with E-state index in [2.05, 4.69) is 20.2 Å². The molecule has 0 fully saturated rings. The maximum absolute atomic E-state index is 13.9. The predicted octanol–water partition coefficient (Wildman–Crippen LogP) is 2.22. The van der Waals surface area contributed by atoms with Gasteiger partial charge in [0.1, 0.15) is 10.7 Å². The molecule has 0 amide bonds. The summed E-state index contributed by atoms with van der Waals surface area (Å²) in [6, 6.07) is 10.4. The fraction of sp³-hybridized carbons (Fsp3) is 0.133. The number of benzene rings is 2. The summed E-state index contributed by atoms with van der Waals surface area (Å²) in [4.78, 5) is -0.397. The summed E-state index contributed by atoms with van der Waals surface area (Å²) in [7, 11) is -4.05. The van der Waals surface area contributed by atoms with Crippen molar-refractivity contribution in [3.8, 4) is 5.69 Å². The van der Waals surface area contributed by atoms with Gasteiger partial charge in [-0.05, 0) is 60.2 Å². The third-order valence-corrected chi connectivity index (χ3v) is 4.74. The third kappa shape index (κ3) is 3.11. The van der Waals surface area contributed by atoms with Crippen LogP contribution in [0.2, 0.25) is 0 Å². The molecule has 24 heavy (non-hydrogen) atoms. The predicted molar refractivity (Wildman–Crippen MR) is 85.8 cm³/mol. The first-order valence-electron chi connectivity index (χ1n) is 7.01. The van der Waals surface area contributed by atoms with E-state index in [0.29, 0.717) is 17.1 Å². The molecule has 2 aromatic carbocycles. The molecule has 1 heterocycles. The second kappa shape index (κ2) is 6.00. The minimum atomic E-state index is -4.05. The summed E-state index contributed by atoms with van der Waals surface area (Å²) < 4.78 is 42.6. The van der Waals surface area contributed by atoms with Crippen LogP contribution in [0.15, 0.2) is 47.4 Å². The van der Waals surface area contributed by atoms with Crippen molar-refractivity contribution in [3.05, 3.63) is 59.7 Å². The second-order valence-corrected chi connectivity index (χ2v) is 6.88. The Morgan fingerprint density at radius 1 is 1.12 bits per heavy atom. The van der Waals surface area contributed by atoms with Gasteiger partial charge in [-0.3, -0.25) is 4.72 Å². The average Bonchev–Trinajstić information content (AvgIpc) is 2.95. The first-order valence-corrected chi connectivity index (χ1v) is 8.49. The molecular formula is C15H14FN5O2S. The molecule has 0 saturated heterocycles. The van der Waals surface area contributed by atoms with Gasteiger partial charge in [0.25, 0.3) is 10.0 Å². The number of aryl methyl sites for hydroxylation is 2. The highest BCUT2D eigenvalue weighted by atomic mass is 32.2. The molecule has 1 N–H and O–H groups in total. The molecule has 3 rings (SSSR count). The zero-order valence-electron chi connectivity index (χ0n) is 12.9. The minimum Gasteiger partial charge on any atom is -0.279 e. The summed E-state index contributed by atoms with van der Waals surface area (Å²) >= 11 is 0. The smallest absolute Gasteiger partial charge is 0.264 e. The van der Waals surface area contributed by atoms with Gasteiger partial charge in [-0.25, -0.2) is 12.8 Å². The standard InChI is InChI=1S/C15H14FN5O2S/c1-10-6-7-14(16)15(8-10)24(22,23)18-12-4-3-5-13(9-12)21-11(2)17-19-20-21/h3-9,18H,1-2H3. The number of nitrogens with zero attached hydrogens (tertiary/aromatic N) is 4. The molecule has 0 spiro atoms. The number of nitrogens with one attached hydrogen (secondary N) is 1. The van der Waals surface area contributed by atoms with Crippen molar-refractivity contribution in [2.75, 3.05) is 4.72 Å². The normalized spacial score (nSPS) is 11.5. The maximum Gasteiger partial charge on any atom is 0.264 e. The van der Waals surface area contributed by atoms with Crippen LogP contribution < -0.4 is 4.72 Å². The molecule has 7 nitrogen and oxygen atoms in total. The highest BCUT2D eigenvalue weighted by molar-refractivity contribution is 7.92. The van der Waals surface area contributed by atoms with Gasteiger partial charge in [-0.2, -0.15) is 4.68 Å². The van der Waals surface area contributed by atoms with E-state index in [1.165, 1.54) is 16.8 Å². The Balaban J connectivity index is 1.96. The number of anilines is 1. The number of aromatic nitrogens is 4.